The minimum absolute atomic E-state index is 0.0893. The summed E-state index contributed by atoms with van der Waals surface area (Å²) in [6.07, 6.45) is 0. The molecule has 0 saturated carbocycles. The number of carbonyl (C=O) groups is 4. The molecular weight excluding hydrogens is 532 g/mol. The maximum atomic E-state index is 14.0. The summed E-state index contributed by atoms with van der Waals surface area (Å²) in [6, 6.07) is 13.8. The molecule has 0 radical (unpaired) electrons. The third-order valence-corrected chi connectivity index (χ3v) is 7.94. The molecule has 40 heavy (non-hydrogen) atoms. The molecule has 1 saturated heterocycles. The van der Waals surface area contributed by atoms with Crippen molar-refractivity contribution >= 4 is 35.0 Å². The number of methoxy groups -OCH3 is 1. The number of nitrogens with one attached hydrogen (secondary N) is 1. The van der Waals surface area contributed by atoms with Crippen LogP contribution >= 0.6 is 11.3 Å². The fraction of sp³-hybridized carbons (Fsp3) is 0.345. The number of aromatic nitrogens is 1. The number of urea groups is 1. The highest BCUT2D eigenvalue weighted by molar-refractivity contribution is 7.10. The molecular formula is C29H32N4O6S. The van der Waals surface area contributed by atoms with E-state index in [0.717, 1.165) is 16.2 Å². The van der Waals surface area contributed by atoms with E-state index in [1.54, 1.807) is 76.4 Å². The van der Waals surface area contributed by atoms with E-state index >= 15 is 0 Å². The molecule has 0 bridgehead atoms. The normalized spacial score (nSPS) is 17.4. The smallest absolute Gasteiger partial charge is 0.326 e. The lowest BCUT2D eigenvalue weighted by molar-refractivity contribution is -0.142. The Balaban J connectivity index is 1.80. The summed E-state index contributed by atoms with van der Waals surface area (Å²) in [5, 5.41) is 4.33. The lowest BCUT2D eigenvalue weighted by atomic mass is 9.78. The Morgan fingerprint density at radius 3 is 2.35 bits per heavy atom. The zero-order chi connectivity index (χ0) is 29.0. The van der Waals surface area contributed by atoms with Gasteiger partial charge in [-0.15, -0.1) is 11.3 Å². The Morgan fingerprint density at radius 2 is 1.75 bits per heavy atom. The molecule has 1 aromatic heterocycles. The van der Waals surface area contributed by atoms with Crippen LogP contribution in [0.5, 0.6) is 5.75 Å². The molecule has 210 valence electrons. The van der Waals surface area contributed by atoms with Gasteiger partial charge in [-0.1, -0.05) is 63.2 Å². The predicted molar refractivity (Wildman–Crippen MR) is 149 cm³/mol. The van der Waals surface area contributed by atoms with Crippen molar-refractivity contribution in [2.45, 2.75) is 38.3 Å². The van der Waals surface area contributed by atoms with Crippen LogP contribution in [0.4, 0.5) is 4.79 Å². The van der Waals surface area contributed by atoms with Crippen molar-refractivity contribution in [2.75, 3.05) is 20.3 Å². The monoisotopic (exact) mass is 564 g/mol. The molecule has 1 aliphatic heterocycles. The van der Waals surface area contributed by atoms with Gasteiger partial charge in [0.2, 0.25) is 0 Å². The molecule has 3 N–H and O–H groups in total. The molecule has 4 rings (SSSR count). The number of ether oxygens (including phenoxy) is 2. The first-order valence-electron chi connectivity index (χ1n) is 12.8. The van der Waals surface area contributed by atoms with Gasteiger partial charge in [-0.3, -0.25) is 14.4 Å². The summed E-state index contributed by atoms with van der Waals surface area (Å²) < 4.78 is 10.6. The second-order valence-corrected chi connectivity index (χ2v) is 10.6. The van der Waals surface area contributed by atoms with Gasteiger partial charge in [0.05, 0.1) is 6.61 Å². The van der Waals surface area contributed by atoms with E-state index in [-0.39, 0.29) is 22.4 Å². The van der Waals surface area contributed by atoms with E-state index in [1.165, 1.54) is 5.38 Å². The molecule has 4 amide bonds. The van der Waals surface area contributed by atoms with E-state index in [2.05, 4.69) is 10.3 Å². The number of ketones is 1. The molecule has 1 fully saturated rings. The van der Waals surface area contributed by atoms with E-state index in [0.29, 0.717) is 30.1 Å². The Morgan fingerprint density at radius 1 is 1.07 bits per heavy atom. The first-order valence-corrected chi connectivity index (χ1v) is 13.7. The fourth-order valence-corrected chi connectivity index (χ4v) is 5.87. The molecule has 2 heterocycles. The van der Waals surface area contributed by atoms with Gasteiger partial charge in [0.1, 0.15) is 29.1 Å². The van der Waals surface area contributed by atoms with Crippen LogP contribution in [0.15, 0.2) is 60.0 Å². The number of imide groups is 1. The molecule has 11 heteroatoms. The summed E-state index contributed by atoms with van der Waals surface area (Å²) in [6.45, 7) is 5.97. The number of carbonyl (C=O) groups excluding carboxylic acids is 4. The summed E-state index contributed by atoms with van der Waals surface area (Å²) in [5.41, 5.74) is 5.41. The molecule has 0 spiro atoms. The SMILES string of the molecule is COCCOc1ccc(C2NC(=O)N(C(C(N)=O)(c3nc(C(=O)C(C)C)cs3)C(C)c3ccccc3)C2=O)cc1. The van der Waals surface area contributed by atoms with Gasteiger partial charge in [0.25, 0.3) is 11.8 Å². The molecule has 3 unspecified atom stereocenters. The summed E-state index contributed by atoms with van der Waals surface area (Å²) in [4.78, 5) is 59.3. The van der Waals surface area contributed by atoms with E-state index in [9.17, 15) is 19.2 Å². The number of primary amides is 1. The van der Waals surface area contributed by atoms with Crippen molar-refractivity contribution in [3.8, 4) is 5.75 Å². The number of hydrogen-bond acceptors (Lipinski definition) is 8. The first kappa shape index (κ1) is 28.9. The maximum absolute atomic E-state index is 14.0. The second-order valence-electron chi connectivity index (χ2n) is 9.79. The predicted octanol–water partition coefficient (Wildman–Crippen LogP) is 3.78. The largest absolute Gasteiger partial charge is 0.491 e. The standard InChI is InChI=1S/C29H32N4O6S/c1-17(2)24(34)22-16-40-27(31-22)29(26(30)36,18(3)19-8-6-5-7-9-19)33-25(35)23(32-28(33)37)20-10-12-21(13-11-20)39-15-14-38-4/h5-13,16-18,23H,14-15H2,1-4H3,(H2,30,36)(H,32,37). The van der Waals surface area contributed by atoms with E-state index in [1.807, 2.05) is 6.07 Å². The number of hydrogen-bond donors (Lipinski definition) is 2. The third-order valence-electron chi connectivity index (χ3n) is 6.97. The highest BCUT2D eigenvalue weighted by Gasteiger charge is 2.60. The zero-order valence-electron chi connectivity index (χ0n) is 22.7. The van der Waals surface area contributed by atoms with Gasteiger partial charge in [-0.25, -0.2) is 14.7 Å². The van der Waals surface area contributed by atoms with Gasteiger partial charge in [-0.05, 0) is 23.3 Å². The number of nitrogens with zero attached hydrogens (tertiary/aromatic N) is 2. The molecule has 3 atom stereocenters. The highest BCUT2D eigenvalue weighted by Crippen LogP contribution is 2.46. The molecule has 0 aliphatic carbocycles. The average molecular weight is 565 g/mol. The molecule has 10 nitrogen and oxygen atoms in total. The van der Waals surface area contributed by atoms with Gasteiger partial charge in [-0.2, -0.15) is 0 Å². The van der Waals surface area contributed by atoms with Crippen molar-refractivity contribution < 1.29 is 28.7 Å². The summed E-state index contributed by atoms with van der Waals surface area (Å²) >= 11 is 1.02. The van der Waals surface area contributed by atoms with Crippen molar-refractivity contribution in [1.82, 2.24) is 15.2 Å². The second kappa shape index (κ2) is 12.0. The van der Waals surface area contributed by atoms with Gasteiger partial charge >= 0.3 is 6.03 Å². The molecule has 3 aromatic rings. The lowest BCUT2D eigenvalue weighted by Gasteiger charge is -2.40. The van der Waals surface area contributed by atoms with Crippen molar-refractivity contribution in [3.63, 3.8) is 0 Å². The number of thiazole rings is 1. The number of rotatable bonds is 12. The zero-order valence-corrected chi connectivity index (χ0v) is 23.6. The van der Waals surface area contributed by atoms with Crippen LogP contribution in [0.25, 0.3) is 0 Å². The van der Waals surface area contributed by atoms with Crippen LogP contribution in [-0.4, -0.2) is 53.8 Å². The van der Waals surface area contributed by atoms with Crippen LogP contribution in [0.3, 0.4) is 0 Å². The minimum atomic E-state index is -2.00. The lowest BCUT2D eigenvalue weighted by Crippen LogP contribution is -2.60. The van der Waals surface area contributed by atoms with Crippen LogP contribution < -0.4 is 15.8 Å². The van der Waals surface area contributed by atoms with Gasteiger partial charge in [0.15, 0.2) is 11.3 Å². The minimum Gasteiger partial charge on any atom is -0.491 e. The van der Waals surface area contributed by atoms with E-state index in [4.69, 9.17) is 15.2 Å². The van der Waals surface area contributed by atoms with Crippen molar-refractivity contribution in [1.29, 1.82) is 0 Å². The Bertz CT molecular complexity index is 1390. The van der Waals surface area contributed by atoms with Crippen molar-refractivity contribution in [3.05, 3.63) is 81.8 Å². The average Bonchev–Trinajstić information content (AvgIpc) is 3.55. The maximum Gasteiger partial charge on any atom is 0.326 e. The van der Waals surface area contributed by atoms with Crippen LogP contribution in [-0.2, 0) is 19.9 Å². The Labute approximate surface area is 236 Å². The number of nitrogens with two attached hydrogens (primary N) is 1. The number of amides is 4. The summed E-state index contributed by atoms with van der Waals surface area (Å²) in [7, 11) is 1.58. The highest BCUT2D eigenvalue weighted by atomic mass is 32.1. The van der Waals surface area contributed by atoms with Crippen LogP contribution in [0, 0.1) is 5.92 Å². The first-order chi connectivity index (χ1) is 19.1. The fourth-order valence-electron chi connectivity index (χ4n) is 4.78. The van der Waals surface area contributed by atoms with Gasteiger partial charge < -0.3 is 20.5 Å². The number of Topliss-reactive ketones (excluding diaryl/α,β-unsaturated/α-hetero) is 1. The van der Waals surface area contributed by atoms with E-state index < -0.39 is 35.3 Å². The quantitative estimate of drug-likeness (QED) is 0.194. The summed E-state index contributed by atoms with van der Waals surface area (Å²) in [5.74, 6) is -2.38. The Hall–Kier alpha value is -4.09. The third kappa shape index (κ3) is 5.22. The number of benzene rings is 2. The van der Waals surface area contributed by atoms with Crippen LogP contribution in [0.1, 0.15) is 59.4 Å². The molecule has 1 aliphatic rings. The van der Waals surface area contributed by atoms with Crippen LogP contribution in [0.2, 0.25) is 0 Å². The molecule has 2 aromatic carbocycles. The van der Waals surface area contributed by atoms with Crippen molar-refractivity contribution in [2.24, 2.45) is 11.7 Å². The van der Waals surface area contributed by atoms with Gasteiger partial charge in [0, 0.05) is 24.3 Å². The Kier molecular flexibility index (Phi) is 8.65. The topological polar surface area (TPSA) is 141 Å².